The normalized spacial score (nSPS) is 20.7. The molecule has 122 valence electrons. The van der Waals surface area contributed by atoms with E-state index in [2.05, 4.69) is 52.0 Å². The molecular weight excluding hydrogens is 284 g/mol. The van der Waals surface area contributed by atoms with E-state index in [4.69, 9.17) is 5.73 Å². The number of hydrogen-bond donors (Lipinski definition) is 3. The van der Waals surface area contributed by atoms with E-state index in [0.717, 1.165) is 38.2 Å². The summed E-state index contributed by atoms with van der Waals surface area (Å²) < 4.78 is 0. The molecule has 1 aliphatic heterocycles. The second-order valence-electron chi connectivity index (χ2n) is 6.33. The monoisotopic (exact) mass is 310 g/mol. The fraction of sp³-hybridized carbons (Fsp3) is 0.421. The molecule has 0 bridgehead atoms. The summed E-state index contributed by atoms with van der Waals surface area (Å²) in [5.74, 6) is 1.20. The minimum atomic E-state index is 0.522. The summed E-state index contributed by atoms with van der Waals surface area (Å²) in [5, 5.41) is 7.21. The Kier molecular flexibility index (Phi) is 5.61. The Balaban J connectivity index is 1.44. The number of nitrogens with zero attached hydrogens (tertiary/aromatic N) is 1. The van der Waals surface area contributed by atoms with Crippen LogP contribution in [-0.4, -0.2) is 30.7 Å². The molecule has 0 saturated carbocycles. The van der Waals surface area contributed by atoms with Crippen LogP contribution in [0, 0.1) is 5.92 Å². The van der Waals surface area contributed by atoms with Gasteiger partial charge in [0.25, 0.3) is 0 Å². The molecular formula is C19H26N4. The summed E-state index contributed by atoms with van der Waals surface area (Å²) >= 11 is 0. The van der Waals surface area contributed by atoms with Crippen molar-refractivity contribution in [1.29, 1.82) is 0 Å². The SMILES string of the molecule is Nc1cccc(C[C@H]2CNC[C@@H]2NCCCc2ccccc2)n1. The minimum Gasteiger partial charge on any atom is -0.384 e. The van der Waals surface area contributed by atoms with Crippen LogP contribution in [0.3, 0.4) is 0 Å². The zero-order chi connectivity index (χ0) is 15.9. The van der Waals surface area contributed by atoms with E-state index < -0.39 is 0 Å². The molecule has 2 atom stereocenters. The standard InChI is InChI=1S/C19H26N4/c20-19-10-4-9-17(23-19)12-16-13-21-14-18(16)22-11-5-8-15-6-2-1-3-7-15/h1-4,6-7,9-10,16,18,21-22H,5,8,11-14H2,(H2,20,23)/t16-,18-/m0/s1. The number of nitrogens with two attached hydrogens (primary N) is 1. The Bertz CT molecular complexity index is 599. The van der Waals surface area contributed by atoms with Gasteiger partial charge in [0.1, 0.15) is 5.82 Å². The van der Waals surface area contributed by atoms with Gasteiger partial charge in [0.05, 0.1) is 0 Å². The molecule has 4 nitrogen and oxygen atoms in total. The maximum absolute atomic E-state index is 5.78. The van der Waals surface area contributed by atoms with E-state index in [1.165, 1.54) is 12.0 Å². The number of pyridine rings is 1. The van der Waals surface area contributed by atoms with E-state index in [0.29, 0.717) is 17.8 Å². The van der Waals surface area contributed by atoms with Crippen molar-refractivity contribution in [2.75, 3.05) is 25.4 Å². The second kappa shape index (κ2) is 8.09. The van der Waals surface area contributed by atoms with Gasteiger partial charge in [-0.15, -0.1) is 0 Å². The predicted octanol–water partition coefficient (Wildman–Crippen LogP) is 2.02. The Hall–Kier alpha value is -1.91. The Morgan fingerprint density at radius 3 is 2.78 bits per heavy atom. The van der Waals surface area contributed by atoms with E-state index in [9.17, 15) is 0 Å². The van der Waals surface area contributed by atoms with Crippen molar-refractivity contribution in [1.82, 2.24) is 15.6 Å². The molecule has 1 saturated heterocycles. The number of anilines is 1. The lowest BCUT2D eigenvalue weighted by Crippen LogP contribution is -2.37. The largest absolute Gasteiger partial charge is 0.384 e. The Labute approximate surface area is 138 Å². The molecule has 1 fully saturated rings. The molecule has 0 aliphatic carbocycles. The third-order valence-electron chi connectivity index (χ3n) is 4.53. The first-order valence-corrected chi connectivity index (χ1v) is 8.51. The summed E-state index contributed by atoms with van der Waals surface area (Å²) in [6.07, 6.45) is 3.29. The zero-order valence-corrected chi connectivity index (χ0v) is 13.5. The van der Waals surface area contributed by atoms with Gasteiger partial charge < -0.3 is 16.4 Å². The molecule has 0 unspecified atom stereocenters. The molecule has 2 aromatic rings. The van der Waals surface area contributed by atoms with Crippen molar-refractivity contribution >= 4 is 5.82 Å². The fourth-order valence-electron chi connectivity index (χ4n) is 3.29. The first kappa shape index (κ1) is 16.0. The molecule has 1 aromatic heterocycles. The third kappa shape index (κ3) is 4.78. The van der Waals surface area contributed by atoms with Crippen LogP contribution >= 0.6 is 0 Å². The van der Waals surface area contributed by atoms with Crippen LogP contribution in [-0.2, 0) is 12.8 Å². The van der Waals surface area contributed by atoms with Gasteiger partial charge in [0.2, 0.25) is 0 Å². The predicted molar refractivity (Wildman–Crippen MR) is 95.3 cm³/mol. The van der Waals surface area contributed by atoms with Crippen LogP contribution < -0.4 is 16.4 Å². The van der Waals surface area contributed by atoms with Gasteiger partial charge in [-0.2, -0.15) is 0 Å². The second-order valence-corrected chi connectivity index (χ2v) is 6.33. The number of rotatable bonds is 7. The van der Waals surface area contributed by atoms with Crippen LogP contribution in [0.1, 0.15) is 17.7 Å². The fourth-order valence-corrected chi connectivity index (χ4v) is 3.29. The first-order valence-electron chi connectivity index (χ1n) is 8.51. The molecule has 1 aliphatic rings. The van der Waals surface area contributed by atoms with Crippen LogP contribution in [0.25, 0.3) is 0 Å². The summed E-state index contributed by atoms with van der Waals surface area (Å²) in [6, 6.07) is 17.1. The van der Waals surface area contributed by atoms with E-state index >= 15 is 0 Å². The number of nitrogen functional groups attached to an aromatic ring is 1. The highest BCUT2D eigenvalue weighted by atomic mass is 15.0. The topological polar surface area (TPSA) is 63.0 Å². The number of aromatic nitrogens is 1. The van der Waals surface area contributed by atoms with Gasteiger partial charge in [-0.25, -0.2) is 4.98 Å². The summed E-state index contributed by atoms with van der Waals surface area (Å²) in [4.78, 5) is 4.43. The maximum Gasteiger partial charge on any atom is 0.123 e. The van der Waals surface area contributed by atoms with Crippen molar-refractivity contribution in [3.63, 3.8) is 0 Å². The molecule has 0 amide bonds. The van der Waals surface area contributed by atoms with E-state index in [1.807, 2.05) is 12.1 Å². The summed E-state index contributed by atoms with van der Waals surface area (Å²) in [5.41, 5.74) is 8.29. The highest BCUT2D eigenvalue weighted by molar-refractivity contribution is 5.29. The Morgan fingerprint density at radius 2 is 1.96 bits per heavy atom. The molecule has 4 heteroatoms. The number of hydrogen-bond acceptors (Lipinski definition) is 4. The van der Waals surface area contributed by atoms with Crippen LogP contribution in [0.15, 0.2) is 48.5 Å². The lowest BCUT2D eigenvalue weighted by atomic mass is 9.97. The van der Waals surface area contributed by atoms with Gasteiger partial charge in [0, 0.05) is 18.3 Å². The molecule has 0 radical (unpaired) electrons. The maximum atomic E-state index is 5.78. The van der Waals surface area contributed by atoms with Gasteiger partial charge in [-0.1, -0.05) is 36.4 Å². The van der Waals surface area contributed by atoms with Crippen LogP contribution in [0.2, 0.25) is 0 Å². The Morgan fingerprint density at radius 1 is 1.09 bits per heavy atom. The average molecular weight is 310 g/mol. The quantitative estimate of drug-likeness (QED) is 0.685. The minimum absolute atomic E-state index is 0.522. The highest BCUT2D eigenvalue weighted by Gasteiger charge is 2.26. The molecule has 23 heavy (non-hydrogen) atoms. The van der Waals surface area contributed by atoms with Crippen molar-refractivity contribution < 1.29 is 0 Å². The van der Waals surface area contributed by atoms with Crippen molar-refractivity contribution in [2.45, 2.75) is 25.3 Å². The lowest BCUT2D eigenvalue weighted by molar-refractivity contribution is 0.419. The van der Waals surface area contributed by atoms with E-state index in [1.54, 1.807) is 0 Å². The smallest absolute Gasteiger partial charge is 0.123 e. The lowest BCUT2D eigenvalue weighted by Gasteiger charge is -2.20. The number of benzene rings is 1. The molecule has 3 rings (SSSR count). The zero-order valence-electron chi connectivity index (χ0n) is 13.5. The van der Waals surface area contributed by atoms with Crippen LogP contribution in [0.5, 0.6) is 0 Å². The number of nitrogens with one attached hydrogen (secondary N) is 2. The van der Waals surface area contributed by atoms with Gasteiger partial charge >= 0.3 is 0 Å². The molecule has 0 spiro atoms. The summed E-state index contributed by atoms with van der Waals surface area (Å²) in [6.45, 7) is 3.15. The van der Waals surface area contributed by atoms with Gasteiger partial charge in [-0.3, -0.25) is 0 Å². The number of aryl methyl sites for hydroxylation is 1. The van der Waals surface area contributed by atoms with Crippen molar-refractivity contribution in [2.24, 2.45) is 5.92 Å². The summed E-state index contributed by atoms with van der Waals surface area (Å²) in [7, 11) is 0. The first-order chi connectivity index (χ1) is 11.3. The van der Waals surface area contributed by atoms with Gasteiger partial charge in [0.15, 0.2) is 0 Å². The average Bonchev–Trinajstić information content (AvgIpc) is 3.00. The molecule has 2 heterocycles. The van der Waals surface area contributed by atoms with Crippen LogP contribution in [0.4, 0.5) is 5.82 Å². The third-order valence-corrected chi connectivity index (χ3v) is 4.53. The van der Waals surface area contributed by atoms with Crippen molar-refractivity contribution in [3.8, 4) is 0 Å². The molecule has 4 N–H and O–H groups in total. The van der Waals surface area contributed by atoms with Gasteiger partial charge in [-0.05, 0) is 56.0 Å². The molecule has 1 aromatic carbocycles. The highest BCUT2D eigenvalue weighted by Crippen LogP contribution is 2.16. The van der Waals surface area contributed by atoms with E-state index in [-0.39, 0.29) is 0 Å². The van der Waals surface area contributed by atoms with Crippen molar-refractivity contribution in [3.05, 3.63) is 59.8 Å².